The van der Waals surface area contributed by atoms with Gasteiger partial charge in [0.25, 0.3) is 11.5 Å². The van der Waals surface area contributed by atoms with E-state index in [4.69, 9.17) is 0 Å². The molecule has 2 aromatic rings. The molecule has 2 heterocycles. The van der Waals surface area contributed by atoms with Crippen LogP contribution in [0.15, 0.2) is 41.3 Å². The van der Waals surface area contributed by atoms with Gasteiger partial charge in [-0.25, -0.2) is 0 Å². The van der Waals surface area contributed by atoms with E-state index in [-0.39, 0.29) is 36.5 Å². The van der Waals surface area contributed by atoms with Gasteiger partial charge in [0.2, 0.25) is 5.91 Å². The lowest BCUT2D eigenvalue weighted by Gasteiger charge is -2.22. The molecule has 0 aromatic carbocycles. The summed E-state index contributed by atoms with van der Waals surface area (Å²) in [6.45, 7) is 2.03. The van der Waals surface area contributed by atoms with Gasteiger partial charge in [-0.2, -0.15) is 0 Å². The molecule has 28 heavy (non-hydrogen) atoms. The second-order valence-corrected chi connectivity index (χ2v) is 7.21. The number of nitrogens with zero attached hydrogens (tertiary/aromatic N) is 2. The van der Waals surface area contributed by atoms with Gasteiger partial charge in [0.15, 0.2) is 0 Å². The van der Waals surface area contributed by atoms with E-state index in [0.29, 0.717) is 0 Å². The number of rotatable bonds is 6. The Bertz CT molecular complexity index is 901. The quantitative estimate of drug-likeness (QED) is 0.798. The molecular weight excluding hydrogens is 356 g/mol. The third-order valence-corrected chi connectivity index (χ3v) is 4.93. The first-order valence-corrected chi connectivity index (χ1v) is 9.72. The molecule has 0 unspecified atom stereocenters. The van der Waals surface area contributed by atoms with E-state index in [1.165, 1.54) is 23.3 Å². The minimum absolute atomic E-state index is 0.0706. The summed E-state index contributed by atoms with van der Waals surface area (Å²) in [5, 5.41) is 5.70. The lowest BCUT2D eigenvalue weighted by Crippen LogP contribution is -2.40. The van der Waals surface area contributed by atoms with E-state index in [2.05, 4.69) is 15.6 Å². The average molecular weight is 382 g/mol. The van der Waals surface area contributed by atoms with Crippen LogP contribution in [-0.2, 0) is 17.9 Å². The van der Waals surface area contributed by atoms with Crippen LogP contribution in [0.25, 0.3) is 0 Å². The standard InChI is InChI=1S/C21H26N4O3/c1-15-7-5-10-17(23-15)13-22-19(26)14-25-12-6-11-18(21(25)28)20(27)24-16-8-3-2-4-9-16/h5-7,10-12,16H,2-4,8-9,13-14H2,1H3,(H,22,26)(H,24,27). The fourth-order valence-corrected chi connectivity index (χ4v) is 3.44. The van der Waals surface area contributed by atoms with Gasteiger partial charge in [0, 0.05) is 17.9 Å². The second-order valence-electron chi connectivity index (χ2n) is 7.21. The first kappa shape index (κ1) is 19.8. The van der Waals surface area contributed by atoms with Crippen molar-refractivity contribution in [2.75, 3.05) is 0 Å². The number of carbonyl (C=O) groups is 2. The highest BCUT2D eigenvalue weighted by molar-refractivity contribution is 5.94. The number of carbonyl (C=O) groups excluding carboxylic acids is 2. The van der Waals surface area contributed by atoms with Crippen molar-refractivity contribution in [1.29, 1.82) is 0 Å². The van der Waals surface area contributed by atoms with Crippen LogP contribution in [0.4, 0.5) is 0 Å². The first-order valence-electron chi connectivity index (χ1n) is 9.72. The van der Waals surface area contributed by atoms with Crippen LogP contribution < -0.4 is 16.2 Å². The molecule has 148 valence electrons. The van der Waals surface area contributed by atoms with Crippen LogP contribution in [0.2, 0.25) is 0 Å². The lowest BCUT2D eigenvalue weighted by molar-refractivity contribution is -0.121. The maximum atomic E-state index is 12.6. The van der Waals surface area contributed by atoms with E-state index in [1.807, 2.05) is 25.1 Å². The van der Waals surface area contributed by atoms with E-state index >= 15 is 0 Å². The zero-order valence-electron chi connectivity index (χ0n) is 16.1. The molecule has 2 aromatic heterocycles. The fraction of sp³-hybridized carbons (Fsp3) is 0.429. The normalized spacial score (nSPS) is 14.5. The zero-order chi connectivity index (χ0) is 19.9. The molecule has 0 radical (unpaired) electrons. The minimum atomic E-state index is -0.459. The summed E-state index contributed by atoms with van der Waals surface area (Å²) in [6, 6.07) is 8.84. The average Bonchev–Trinajstić information content (AvgIpc) is 2.69. The van der Waals surface area contributed by atoms with Crippen molar-refractivity contribution in [3.8, 4) is 0 Å². The maximum Gasteiger partial charge on any atom is 0.263 e. The topological polar surface area (TPSA) is 93.1 Å². The third kappa shape index (κ3) is 5.28. The molecular formula is C21H26N4O3. The fourth-order valence-electron chi connectivity index (χ4n) is 3.44. The molecule has 7 nitrogen and oxygen atoms in total. The van der Waals surface area contributed by atoms with Gasteiger partial charge < -0.3 is 15.2 Å². The van der Waals surface area contributed by atoms with E-state index in [9.17, 15) is 14.4 Å². The van der Waals surface area contributed by atoms with Crippen molar-refractivity contribution < 1.29 is 9.59 Å². The predicted octanol–water partition coefficient (Wildman–Crippen LogP) is 1.93. The SMILES string of the molecule is Cc1cccc(CNC(=O)Cn2cccc(C(=O)NC3CCCCC3)c2=O)n1. The number of amides is 2. The predicted molar refractivity (Wildman–Crippen MR) is 106 cm³/mol. The largest absolute Gasteiger partial charge is 0.349 e. The Hall–Kier alpha value is -2.96. The van der Waals surface area contributed by atoms with Gasteiger partial charge in [-0.1, -0.05) is 25.3 Å². The summed E-state index contributed by atoms with van der Waals surface area (Å²) in [4.78, 5) is 41.6. The van der Waals surface area contributed by atoms with Gasteiger partial charge in [-0.15, -0.1) is 0 Å². The highest BCUT2D eigenvalue weighted by Crippen LogP contribution is 2.17. The van der Waals surface area contributed by atoms with Crippen LogP contribution in [-0.4, -0.2) is 27.4 Å². The van der Waals surface area contributed by atoms with Gasteiger partial charge in [0.05, 0.1) is 12.2 Å². The molecule has 2 amide bonds. The molecule has 1 fully saturated rings. The highest BCUT2D eigenvalue weighted by atomic mass is 16.2. The molecule has 0 aliphatic heterocycles. The molecule has 0 bridgehead atoms. The van der Waals surface area contributed by atoms with E-state index < -0.39 is 5.56 Å². The lowest BCUT2D eigenvalue weighted by atomic mass is 9.95. The molecule has 0 saturated heterocycles. The van der Waals surface area contributed by atoms with Gasteiger partial charge in [-0.3, -0.25) is 19.4 Å². The molecule has 0 atom stereocenters. The van der Waals surface area contributed by atoms with Gasteiger partial charge >= 0.3 is 0 Å². The Morgan fingerprint density at radius 3 is 2.68 bits per heavy atom. The third-order valence-electron chi connectivity index (χ3n) is 4.93. The summed E-state index contributed by atoms with van der Waals surface area (Å²) in [6.07, 6.45) is 6.80. The molecule has 1 aliphatic carbocycles. The minimum Gasteiger partial charge on any atom is -0.349 e. The number of pyridine rings is 2. The summed E-state index contributed by atoms with van der Waals surface area (Å²) in [5.74, 6) is -0.675. The number of aromatic nitrogens is 2. The van der Waals surface area contributed by atoms with Crippen molar-refractivity contribution in [3.63, 3.8) is 0 Å². The van der Waals surface area contributed by atoms with Crippen molar-refractivity contribution >= 4 is 11.8 Å². The number of aryl methyl sites for hydroxylation is 1. The van der Waals surface area contributed by atoms with Crippen LogP contribution in [0.1, 0.15) is 53.8 Å². The van der Waals surface area contributed by atoms with Crippen molar-refractivity contribution in [2.45, 2.75) is 58.2 Å². The molecule has 1 saturated carbocycles. The Balaban J connectivity index is 1.61. The summed E-state index contributed by atoms with van der Waals surface area (Å²) in [5.41, 5.74) is 1.24. The van der Waals surface area contributed by atoms with Gasteiger partial charge in [0.1, 0.15) is 12.1 Å². The Kier molecular flexibility index (Phi) is 6.57. The van der Waals surface area contributed by atoms with Crippen LogP contribution in [0.5, 0.6) is 0 Å². The smallest absolute Gasteiger partial charge is 0.263 e. The molecule has 2 N–H and O–H groups in total. The number of hydrogen-bond donors (Lipinski definition) is 2. The highest BCUT2D eigenvalue weighted by Gasteiger charge is 2.19. The Morgan fingerprint density at radius 1 is 1.14 bits per heavy atom. The van der Waals surface area contributed by atoms with Crippen LogP contribution >= 0.6 is 0 Å². The van der Waals surface area contributed by atoms with Crippen LogP contribution in [0, 0.1) is 6.92 Å². The zero-order valence-corrected chi connectivity index (χ0v) is 16.1. The Labute approximate surface area is 164 Å². The second kappa shape index (κ2) is 9.30. The van der Waals surface area contributed by atoms with E-state index in [1.54, 1.807) is 6.07 Å². The van der Waals surface area contributed by atoms with Crippen LogP contribution in [0.3, 0.4) is 0 Å². The van der Waals surface area contributed by atoms with Crippen molar-refractivity contribution in [3.05, 3.63) is 63.8 Å². The molecule has 7 heteroatoms. The van der Waals surface area contributed by atoms with E-state index in [0.717, 1.165) is 37.1 Å². The monoisotopic (exact) mass is 382 g/mol. The first-order chi connectivity index (χ1) is 13.5. The number of hydrogen-bond acceptors (Lipinski definition) is 4. The van der Waals surface area contributed by atoms with Crippen molar-refractivity contribution in [1.82, 2.24) is 20.2 Å². The Morgan fingerprint density at radius 2 is 1.93 bits per heavy atom. The molecule has 3 rings (SSSR count). The van der Waals surface area contributed by atoms with Gasteiger partial charge in [-0.05, 0) is 44.0 Å². The van der Waals surface area contributed by atoms with Crippen molar-refractivity contribution in [2.24, 2.45) is 0 Å². The molecule has 0 spiro atoms. The summed E-state index contributed by atoms with van der Waals surface area (Å²) >= 11 is 0. The summed E-state index contributed by atoms with van der Waals surface area (Å²) < 4.78 is 1.26. The number of nitrogens with one attached hydrogen (secondary N) is 2. The molecule has 1 aliphatic rings. The summed E-state index contributed by atoms with van der Waals surface area (Å²) in [7, 11) is 0. The maximum absolute atomic E-state index is 12.6.